The molecular weight excluding hydrogens is 408 g/mol. The molecule has 0 bridgehead atoms. The number of allylic oxidation sites excluding steroid dienone is 3. The Labute approximate surface area is 191 Å². The highest BCUT2D eigenvalue weighted by molar-refractivity contribution is 5.67. The van der Waals surface area contributed by atoms with E-state index in [1.54, 1.807) is 0 Å². The van der Waals surface area contributed by atoms with Crippen molar-refractivity contribution in [2.24, 2.45) is 17.3 Å². The molecule has 0 radical (unpaired) electrons. The molecule has 4 rings (SSSR count). The van der Waals surface area contributed by atoms with Gasteiger partial charge in [0, 0.05) is 23.8 Å². The van der Waals surface area contributed by atoms with Crippen LogP contribution in [-0.4, -0.2) is 43.6 Å². The summed E-state index contributed by atoms with van der Waals surface area (Å²) in [5.41, 5.74) is 4.28. The Kier molecular flexibility index (Phi) is 7.13. The van der Waals surface area contributed by atoms with Crippen LogP contribution < -0.4 is 0 Å². The van der Waals surface area contributed by atoms with Gasteiger partial charge >= 0.3 is 5.97 Å². The Morgan fingerprint density at radius 3 is 2.66 bits per heavy atom. The molecule has 0 amide bonds. The van der Waals surface area contributed by atoms with Gasteiger partial charge < -0.3 is 19.0 Å². The fourth-order valence-electron chi connectivity index (χ4n) is 6.37. The van der Waals surface area contributed by atoms with Crippen molar-refractivity contribution in [1.82, 2.24) is 0 Å². The second-order valence-corrected chi connectivity index (χ2v) is 9.79. The number of ether oxygens (including phenoxy) is 3. The van der Waals surface area contributed by atoms with E-state index in [9.17, 15) is 9.59 Å². The summed E-state index contributed by atoms with van der Waals surface area (Å²) >= 11 is 0. The fraction of sp³-hybridized carbons (Fsp3) is 0.654. The highest BCUT2D eigenvalue weighted by Gasteiger charge is 2.75. The molecule has 0 aromatic heterocycles. The molecule has 0 aromatic rings. The van der Waals surface area contributed by atoms with Crippen LogP contribution in [0.3, 0.4) is 0 Å². The molecule has 1 spiro atoms. The van der Waals surface area contributed by atoms with Gasteiger partial charge in [-0.3, -0.25) is 9.59 Å². The van der Waals surface area contributed by atoms with E-state index < -0.39 is 5.60 Å². The largest absolute Gasteiger partial charge is 0.463 e. The minimum absolute atomic E-state index is 0.151. The summed E-state index contributed by atoms with van der Waals surface area (Å²) in [6.07, 6.45) is 9.18. The molecular formula is C26H36O6. The van der Waals surface area contributed by atoms with Crippen molar-refractivity contribution in [3.63, 3.8) is 0 Å². The number of epoxide rings is 1. The number of fused-ring (bicyclic) bond motifs is 1. The van der Waals surface area contributed by atoms with Gasteiger partial charge in [0.05, 0.1) is 6.10 Å². The van der Waals surface area contributed by atoms with Gasteiger partial charge in [-0.2, -0.15) is 0 Å². The Bertz CT molecular complexity index is 852. The smallest absolute Gasteiger partial charge is 0.303 e. The molecule has 6 nitrogen and oxygen atoms in total. The predicted molar refractivity (Wildman–Crippen MR) is 121 cm³/mol. The fourth-order valence-corrected chi connectivity index (χ4v) is 6.37. The second-order valence-electron chi connectivity index (χ2n) is 9.79. The van der Waals surface area contributed by atoms with Crippen LogP contribution in [0.1, 0.15) is 66.7 Å². The number of esters is 1. The maximum absolute atomic E-state index is 12.0. The lowest BCUT2D eigenvalue weighted by atomic mass is 9.53. The topological polar surface area (TPSA) is 82.2 Å². The van der Waals surface area contributed by atoms with Crippen LogP contribution >= 0.6 is 0 Å². The quantitative estimate of drug-likeness (QED) is 0.327. The van der Waals surface area contributed by atoms with Gasteiger partial charge in [0.1, 0.15) is 25.1 Å². The van der Waals surface area contributed by atoms with Crippen molar-refractivity contribution in [3.05, 3.63) is 34.4 Å². The average molecular weight is 445 g/mol. The summed E-state index contributed by atoms with van der Waals surface area (Å²) < 4.78 is 17.7. The molecule has 1 unspecified atom stereocenters. The molecule has 1 saturated carbocycles. The Morgan fingerprint density at radius 2 is 2.06 bits per heavy atom. The van der Waals surface area contributed by atoms with Gasteiger partial charge in [0.2, 0.25) is 0 Å². The van der Waals surface area contributed by atoms with E-state index in [2.05, 4.69) is 39.8 Å². The molecule has 4 aliphatic rings. The minimum atomic E-state index is -0.410. The highest BCUT2D eigenvalue weighted by atomic mass is 16.6. The molecule has 6 heteroatoms. The van der Waals surface area contributed by atoms with Crippen molar-refractivity contribution < 1.29 is 28.6 Å². The Hall–Kier alpha value is -2.21. The number of hydrogen-bond acceptors (Lipinski definition) is 6. The van der Waals surface area contributed by atoms with Gasteiger partial charge in [-0.05, 0) is 42.7 Å². The second kappa shape index (κ2) is 9.34. The third kappa shape index (κ3) is 3.66. The van der Waals surface area contributed by atoms with Crippen LogP contribution in [-0.2, 0) is 28.6 Å². The molecule has 2 fully saturated rings. The van der Waals surface area contributed by atoms with Gasteiger partial charge in [0.25, 0.3) is 6.47 Å². The monoisotopic (exact) mass is 444 g/mol. The van der Waals surface area contributed by atoms with Crippen LogP contribution in [0.2, 0.25) is 0 Å². The lowest BCUT2D eigenvalue weighted by molar-refractivity contribution is -0.149. The first-order valence-electron chi connectivity index (χ1n) is 11.6. The normalized spacial score (nSPS) is 34.6. The van der Waals surface area contributed by atoms with Crippen LogP contribution in [0.4, 0.5) is 0 Å². The maximum Gasteiger partial charge on any atom is 0.303 e. The number of rotatable bonds is 7. The Balaban J connectivity index is 0.00000141. The number of hydrogen-bond donors (Lipinski definition) is 0. The molecule has 1 saturated heterocycles. The first kappa shape index (κ1) is 24.4. The molecule has 3 aliphatic carbocycles. The van der Waals surface area contributed by atoms with Crippen LogP contribution in [0.25, 0.3) is 0 Å². The van der Waals surface area contributed by atoms with Crippen molar-refractivity contribution in [2.45, 2.75) is 84.5 Å². The van der Waals surface area contributed by atoms with Crippen molar-refractivity contribution >= 4 is 19.2 Å². The molecule has 176 valence electrons. The SMILES string of the molecule is C=O.CCCC1=C(COC=O)C2=CC=C3[C@H](OC(C)=O)C(C(C)C)C[C@@H]4O[C@]34[C@@]2(C)CC1. The lowest BCUT2D eigenvalue weighted by Crippen LogP contribution is -2.53. The molecule has 5 atom stereocenters. The van der Waals surface area contributed by atoms with Crippen molar-refractivity contribution in [2.75, 3.05) is 6.61 Å². The van der Waals surface area contributed by atoms with Crippen LogP contribution in [0, 0.1) is 17.3 Å². The van der Waals surface area contributed by atoms with E-state index in [-0.39, 0.29) is 29.5 Å². The molecule has 0 aromatic carbocycles. The van der Waals surface area contributed by atoms with Gasteiger partial charge in [-0.1, -0.05) is 51.8 Å². The van der Waals surface area contributed by atoms with Gasteiger partial charge in [-0.25, -0.2) is 0 Å². The average Bonchev–Trinajstić information content (AvgIpc) is 3.50. The summed E-state index contributed by atoms with van der Waals surface area (Å²) in [6.45, 7) is 13.2. The van der Waals surface area contributed by atoms with E-state index in [0.717, 1.165) is 43.3 Å². The van der Waals surface area contributed by atoms with Crippen molar-refractivity contribution in [1.29, 1.82) is 0 Å². The summed E-state index contributed by atoms with van der Waals surface area (Å²) in [4.78, 5) is 30.9. The first-order chi connectivity index (χ1) is 15.3. The van der Waals surface area contributed by atoms with E-state index in [1.165, 1.54) is 18.1 Å². The molecule has 32 heavy (non-hydrogen) atoms. The first-order valence-corrected chi connectivity index (χ1v) is 11.6. The van der Waals surface area contributed by atoms with E-state index in [1.807, 2.05) is 6.79 Å². The highest BCUT2D eigenvalue weighted by Crippen LogP contribution is 2.69. The molecule has 0 N–H and O–H groups in total. The lowest BCUT2D eigenvalue weighted by Gasteiger charge is -2.50. The zero-order valence-electron chi connectivity index (χ0n) is 19.9. The standard InChI is InChI=1S/C25H34O5.CH2O/c1-6-7-17-10-11-24(5)20(19(17)13-28-14-26)8-9-21-23(29-16(4)27)18(15(2)3)12-22-25(21,24)30-22;1-2/h8-9,14-15,18,22-23H,6-7,10-13H2,1-5H3;1H2/t18?,22-,23+,24-,25+;/m0./s1. The Morgan fingerprint density at radius 1 is 1.34 bits per heavy atom. The third-order valence-corrected chi connectivity index (χ3v) is 7.85. The number of carbonyl (C=O) groups is 3. The summed E-state index contributed by atoms with van der Waals surface area (Å²) in [5.74, 6) is 0.413. The summed E-state index contributed by atoms with van der Waals surface area (Å²) in [7, 11) is 0. The maximum atomic E-state index is 12.0. The zero-order chi connectivity index (χ0) is 23.7. The van der Waals surface area contributed by atoms with Crippen molar-refractivity contribution in [3.8, 4) is 0 Å². The third-order valence-electron chi connectivity index (χ3n) is 7.85. The molecule has 1 aliphatic heterocycles. The van der Waals surface area contributed by atoms with E-state index in [4.69, 9.17) is 19.0 Å². The summed E-state index contributed by atoms with van der Waals surface area (Å²) in [6, 6.07) is 0. The summed E-state index contributed by atoms with van der Waals surface area (Å²) in [5, 5.41) is 0. The predicted octanol–water partition coefficient (Wildman–Crippen LogP) is 4.48. The van der Waals surface area contributed by atoms with Gasteiger partial charge in [-0.15, -0.1) is 0 Å². The molecule has 1 heterocycles. The number of carbonyl (C=O) groups excluding carboxylic acids is 3. The minimum Gasteiger partial charge on any atom is -0.463 e. The van der Waals surface area contributed by atoms with E-state index >= 15 is 0 Å². The zero-order valence-corrected chi connectivity index (χ0v) is 19.9. The van der Waals surface area contributed by atoms with Crippen LogP contribution in [0.5, 0.6) is 0 Å². The van der Waals surface area contributed by atoms with Gasteiger partial charge in [0.15, 0.2) is 0 Å². The van der Waals surface area contributed by atoms with Crippen LogP contribution in [0.15, 0.2) is 34.4 Å². The van der Waals surface area contributed by atoms with E-state index in [0.29, 0.717) is 19.0 Å².